The summed E-state index contributed by atoms with van der Waals surface area (Å²) < 4.78 is 0. The molecule has 0 bridgehead atoms. The molecule has 0 radical (unpaired) electrons. The number of nitrogens with two attached hydrogens (primary N) is 1. The fourth-order valence-corrected chi connectivity index (χ4v) is 4.07. The van der Waals surface area contributed by atoms with Crippen LogP contribution in [0.5, 0.6) is 0 Å². The van der Waals surface area contributed by atoms with Crippen molar-refractivity contribution >= 4 is 5.91 Å². The molecule has 3 nitrogen and oxygen atoms in total. The minimum atomic E-state index is 0.412. The van der Waals surface area contributed by atoms with Gasteiger partial charge in [0, 0.05) is 18.0 Å². The van der Waals surface area contributed by atoms with Crippen LogP contribution in [0.15, 0.2) is 0 Å². The van der Waals surface area contributed by atoms with Crippen molar-refractivity contribution in [2.75, 3.05) is 13.1 Å². The summed E-state index contributed by atoms with van der Waals surface area (Å²) >= 11 is 0. The first-order valence-electron chi connectivity index (χ1n) is 9.31. The van der Waals surface area contributed by atoms with Crippen LogP contribution in [0.1, 0.15) is 78.1 Å². The second kappa shape index (κ2) is 8.77. The number of carbonyl (C=O) groups is 1. The molecule has 0 aromatic carbocycles. The van der Waals surface area contributed by atoms with Gasteiger partial charge < -0.3 is 10.2 Å². The van der Waals surface area contributed by atoms with E-state index in [9.17, 15) is 4.79 Å². The predicted molar refractivity (Wildman–Crippen MR) is 87.1 cm³/mol. The van der Waals surface area contributed by atoms with Gasteiger partial charge >= 0.3 is 0 Å². The Kier molecular flexibility index (Phi) is 7.01. The first kappa shape index (κ1) is 16.8. The molecule has 122 valence electrons. The van der Waals surface area contributed by atoms with Gasteiger partial charge in [0.2, 0.25) is 0 Å². The number of hydrogen-bond donors (Lipinski definition) is 1. The highest BCUT2D eigenvalue weighted by Gasteiger charge is 2.32. The molecular weight excluding hydrogens is 260 g/mol. The highest BCUT2D eigenvalue weighted by Crippen LogP contribution is 2.30. The van der Waals surface area contributed by atoms with Crippen molar-refractivity contribution in [3.63, 3.8) is 0 Å². The van der Waals surface area contributed by atoms with Crippen LogP contribution in [0.2, 0.25) is 0 Å². The summed E-state index contributed by atoms with van der Waals surface area (Å²) in [6.45, 7) is 6.17. The molecule has 0 atom stereocenters. The van der Waals surface area contributed by atoms with Crippen LogP contribution in [0.4, 0.5) is 0 Å². The number of amides is 1. The van der Waals surface area contributed by atoms with Crippen LogP contribution in [0.25, 0.3) is 0 Å². The van der Waals surface area contributed by atoms with Crippen molar-refractivity contribution in [2.24, 2.45) is 5.92 Å². The molecule has 2 fully saturated rings. The van der Waals surface area contributed by atoms with Crippen molar-refractivity contribution in [3.8, 4) is 0 Å². The van der Waals surface area contributed by atoms with Crippen LogP contribution in [0.3, 0.4) is 0 Å². The molecule has 2 aliphatic rings. The summed E-state index contributed by atoms with van der Waals surface area (Å²) in [6.07, 6.45) is 13.0. The predicted octanol–water partition coefficient (Wildman–Crippen LogP) is 2.70. The molecule has 2 N–H and O–H groups in total. The Morgan fingerprint density at radius 1 is 0.952 bits per heavy atom. The van der Waals surface area contributed by atoms with Crippen LogP contribution in [-0.2, 0) is 4.79 Å². The first-order chi connectivity index (χ1) is 10.2. The van der Waals surface area contributed by atoms with E-state index in [2.05, 4.69) is 24.1 Å². The van der Waals surface area contributed by atoms with Gasteiger partial charge in [0.1, 0.15) is 0 Å². The van der Waals surface area contributed by atoms with Crippen LogP contribution < -0.4 is 5.32 Å². The third kappa shape index (κ3) is 5.28. The molecule has 0 saturated heterocycles. The first-order valence-corrected chi connectivity index (χ1v) is 9.31. The Hall–Kier alpha value is -0.570. The van der Waals surface area contributed by atoms with Gasteiger partial charge in [-0.15, -0.1) is 0 Å². The maximum absolute atomic E-state index is 12.8. The van der Waals surface area contributed by atoms with E-state index in [-0.39, 0.29) is 0 Å². The van der Waals surface area contributed by atoms with Crippen molar-refractivity contribution in [3.05, 3.63) is 0 Å². The van der Waals surface area contributed by atoms with E-state index < -0.39 is 0 Å². The van der Waals surface area contributed by atoms with E-state index >= 15 is 0 Å². The summed E-state index contributed by atoms with van der Waals surface area (Å²) in [6, 6.07) is 1.09. The Balaban J connectivity index is 1.94. The SMILES string of the molecule is CC(C)C[NH2+]CC(=O)N(C1CCCCC1)C1CCCCC1. The second-order valence-corrected chi connectivity index (χ2v) is 7.51. The van der Waals surface area contributed by atoms with Gasteiger partial charge in [-0.1, -0.05) is 52.4 Å². The topological polar surface area (TPSA) is 36.9 Å². The molecule has 0 unspecified atom stereocenters. The molecule has 2 aliphatic carbocycles. The van der Waals surface area contributed by atoms with Crippen molar-refractivity contribution in [1.29, 1.82) is 0 Å². The Bertz CT molecular complexity index is 286. The molecule has 0 aromatic rings. The molecule has 3 heteroatoms. The number of carbonyl (C=O) groups excluding carboxylic acids is 1. The summed E-state index contributed by atoms with van der Waals surface area (Å²) in [5.41, 5.74) is 0. The Morgan fingerprint density at radius 3 is 1.86 bits per heavy atom. The van der Waals surface area contributed by atoms with Crippen LogP contribution >= 0.6 is 0 Å². The number of rotatable bonds is 6. The maximum atomic E-state index is 12.8. The van der Waals surface area contributed by atoms with Crippen LogP contribution in [0, 0.1) is 5.92 Å². The van der Waals surface area contributed by atoms with E-state index in [1.807, 2.05) is 0 Å². The highest BCUT2D eigenvalue weighted by molar-refractivity contribution is 5.77. The molecule has 0 aliphatic heterocycles. The molecule has 2 rings (SSSR count). The van der Waals surface area contributed by atoms with Gasteiger partial charge in [-0.2, -0.15) is 0 Å². The molecular formula is C18H35N2O+. The average molecular weight is 295 g/mol. The zero-order valence-electron chi connectivity index (χ0n) is 14.2. The minimum absolute atomic E-state index is 0.412. The molecule has 21 heavy (non-hydrogen) atoms. The lowest BCUT2D eigenvalue weighted by atomic mass is 9.88. The highest BCUT2D eigenvalue weighted by atomic mass is 16.2. The van der Waals surface area contributed by atoms with E-state index in [1.54, 1.807) is 0 Å². The van der Waals surface area contributed by atoms with Gasteiger partial charge in [0.05, 0.1) is 6.54 Å². The van der Waals surface area contributed by atoms with Crippen LogP contribution in [-0.4, -0.2) is 36.0 Å². The lowest BCUT2D eigenvalue weighted by Gasteiger charge is -2.41. The van der Waals surface area contributed by atoms with E-state index in [0.29, 0.717) is 30.5 Å². The van der Waals surface area contributed by atoms with Gasteiger partial charge in [-0.25, -0.2) is 0 Å². The lowest BCUT2D eigenvalue weighted by molar-refractivity contribution is -0.649. The third-order valence-electron chi connectivity index (χ3n) is 5.18. The van der Waals surface area contributed by atoms with Gasteiger partial charge in [-0.05, 0) is 25.7 Å². The number of hydrogen-bond acceptors (Lipinski definition) is 1. The quantitative estimate of drug-likeness (QED) is 0.803. The maximum Gasteiger partial charge on any atom is 0.278 e. The summed E-state index contributed by atoms with van der Waals surface area (Å²) in [4.78, 5) is 15.2. The van der Waals surface area contributed by atoms with E-state index in [4.69, 9.17) is 0 Å². The largest absolute Gasteiger partial charge is 0.338 e. The Labute approximate surface area is 130 Å². The molecule has 0 heterocycles. The monoisotopic (exact) mass is 295 g/mol. The number of nitrogens with zero attached hydrogens (tertiary/aromatic N) is 1. The lowest BCUT2D eigenvalue weighted by Crippen LogP contribution is -2.88. The zero-order valence-corrected chi connectivity index (χ0v) is 14.2. The summed E-state index contributed by atoms with van der Waals surface area (Å²) in [7, 11) is 0. The normalized spacial score (nSPS) is 21.7. The molecule has 2 saturated carbocycles. The number of quaternary nitrogens is 1. The van der Waals surface area contributed by atoms with Crippen molar-refractivity contribution in [2.45, 2.75) is 90.1 Å². The summed E-state index contributed by atoms with van der Waals surface area (Å²) in [5.74, 6) is 1.07. The minimum Gasteiger partial charge on any atom is -0.338 e. The van der Waals surface area contributed by atoms with Gasteiger partial charge in [0.15, 0.2) is 6.54 Å². The fourth-order valence-electron chi connectivity index (χ4n) is 4.07. The van der Waals surface area contributed by atoms with Crippen molar-refractivity contribution < 1.29 is 10.1 Å². The second-order valence-electron chi connectivity index (χ2n) is 7.51. The smallest absolute Gasteiger partial charge is 0.278 e. The third-order valence-corrected chi connectivity index (χ3v) is 5.18. The van der Waals surface area contributed by atoms with E-state index in [0.717, 1.165) is 6.54 Å². The molecule has 1 amide bonds. The van der Waals surface area contributed by atoms with Crippen molar-refractivity contribution in [1.82, 2.24) is 4.90 Å². The fraction of sp³-hybridized carbons (Fsp3) is 0.944. The molecule has 0 spiro atoms. The Morgan fingerprint density at radius 2 is 1.43 bits per heavy atom. The summed E-state index contributed by atoms with van der Waals surface area (Å²) in [5, 5.41) is 2.21. The van der Waals surface area contributed by atoms with Gasteiger partial charge in [-0.3, -0.25) is 4.79 Å². The van der Waals surface area contributed by atoms with Gasteiger partial charge in [0.25, 0.3) is 5.91 Å². The average Bonchev–Trinajstić information content (AvgIpc) is 2.49. The standard InChI is InChI=1S/C18H34N2O/c1-15(2)13-19-14-18(21)20(16-9-5-3-6-10-16)17-11-7-4-8-12-17/h15-17,19H,3-14H2,1-2H3/p+1. The molecule has 0 aromatic heterocycles. The zero-order chi connectivity index (χ0) is 15.1. The van der Waals surface area contributed by atoms with E-state index in [1.165, 1.54) is 64.2 Å².